The van der Waals surface area contributed by atoms with E-state index in [0.717, 1.165) is 5.75 Å². The van der Waals surface area contributed by atoms with Gasteiger partial charge in [0.25, 0.3) is 0 Å². The van der Waals surface area contributed by atoms with Crippen molar-refractivity contribution in [3.63, 3.8) is 0 Å². The van der Waals surface area contributed by atoms with Crippen LogP contribution in [0.25, 0.3) is 0 Å². The molecular weight excluding hydrogens is 230 g/mol. The summed E-state index contributed by atoms with van der Waals surface area (Å²) >= 11 is 3.29. The Balaban J connectivity index is 2.07. The Morgan fingerprint density at radius 1 is 1.73 bits per heavy atom. The highest BCUT2D eigenvalue weighted by atomic mass is 32.2. The molecule has 1 aromatic rings. The van der Waals surface area contributed by atoms with Crippen LogP contribution in [0.1, 0.15) is 11.8 Å². The van der Waals surface area contributed by atoms with Crippen LogP contribution in [0.4, 0.5) is 0 Å². The molecule has 0 spiro atoms. The van der Waals surface area contributed by atoms with Gasteiger partial charge in [0.1, 0.15) is 0 Å². The Bertz CT molecular complexity index is 286. The number of amides is 1. The smallest absolute Gasteiger partial charge is 0.230 e. The number of thiophene rings is 1. The van der Waals surface area contributed by atoms with Crippen molar-refractivity contribution in [3.8, 4) is 0 Å². The van der Waals surface area contributed by atoms with Gasteiger partial charge in [-0.05, 0) is 18.4 Å². The van der Waals surface area contributed by atoms with E-state index in [1.54, 1.807) is 30.0 Å². The third kappa shape index (κ3) is 5.81. The standard InChI is InChI=1S/C10H15NO2S2/c1-8(12)5-11-10(13)7-14-6-9-3-2-4-15-9/h2-4,8,12H,5-7H2,1H3,(H,11,13)/t8-/m0/s1. The van der Waals surface area contributed by atoms with Crippen LogP contribution in [0.3, 0.4) is 0 Å². The molecule has 3 nitrogen and oxygen atoms in total. The molecule has 0 unspecified atom stereocenters. The molecule has 0 aliphatic heterocycles. The average molecular weight is 245 g/mol. The Kier molecular flexibility index (Phi) is 5.75. The minimum atomic E-state index is -0.476. The van der Waals surface area contributed by atoms with E-state index in [1.807, 2.05) is 11.4 Å². The van der Waals surface area contributed by atoms with E-state index in [-0.39, 0.29) is 5.91 Å². The van der Waals surface area contributed by atoms with Crippen LogP contribution in [0, 0.1) is 0 Å². The van der Waals surface area contributed by atoms with E-state index >= 15 is 0 Å². The van der Waals surface area contributed by atoms with Crippen LogP contribution in [0.15, 0.2) is 17.5 Å². The van der Waals surface area contributed by atoms with Crippen molar-refractivity contribution in [2.24, 2.45) is 0 Å². The number of aliphatic hydroxyl groups is 1. The first-order chi connectivity index (χ1) is 7.18. The van der Waals surface area contributed by atoms with Crippen molar-refractivity contribution in [1.82, 2.24) is 5.32 Å². The van der Waals surface area contributed by atoms with Crippen LogP contribution in [-0.2, 0) is 10.5 Å². The predicted octanol–water partition coefficient (Wildman–Crippen LogP) is 1.48. The third-order valence-corrected chi connectivity index (χ3v) is 3.69. The number of nitrogens with one attached hydrogen (secondary N) is 1. The number of hydrogen-bond donors (Lipinski definition) is 2. The van der Waals surface area contributed by atoms with Gasteiger partial charge >= 0.3 is 0 Å². The van der Waals surface area contributed by atoms with Crippen molar-refractivity contribution in [2.45, 2.75) is 18.8 Å². The molecule has 1 heterocycles. The maximum atomic E-state index is 11.2. The van der Waals surface area contributed by atoms with Crippen molar-refractivity contribution >= 4 is 29.0 Å². The highest BCUT2D eigenvalue weighted by molar-refractivity contribution is 7.99. The van der Waals surface area contributed by atoms with Gasteiger partial charge in [0.15, 0.2) is 0 Å². The van der Waals surface area contributed by atoms with Crippen molar-refractivity contribution in [2.75, 3.05) is 12.3 Å². The molecule has 0 aliphatic carbocycles. The maximum absolute atomic E-state index is 11.2. The molecule has 0 aliphatic rings. The maximum Gasteiger partial charge on any atom is 0.230 e. The lowest BCUT2D eigenvalue weighted by atomic mass is 10.4. The second kappa shape index (κ2) is 6.87. The largest absolute Gasteiger partial charge is 0.392 e. The molecule has 1 aromatic heterocycles. The Hall–Kier alpha value is -0.520. The molecule has 1 atom stereocenters. The van der Waals surface area contributed by atoms with Gasteiger partial charge < -0.3 is 10.4 Å². The monoisotopic (exact) mass is 245 g/mol. The molecule has 15 heavy (non-hydrogen) atoms. The highest BCUT2D eigenvalue weighted by Crippen LogP contribution is 2.16. The Morgan fingerprint density at radius 3 is 3.13 bits per heavy atom. The normalized spacial score (nSPS) is 12.4. The second-order valence-electron chi connectivity index (χ2n) is 3.23. The van der Waals surface area contributed by atoms with Gasteiger partial charge in [-0.3, -0.25) is 4.79 Å². The van der Waals surface area contributed by atoms with Gasteiger partial charge in [-0.25, -0.2) is 0 Å². The fourth-order valence-corrected chi connectivity index (χ4v) is 2.65. The molecule has 0 radical (unpaired) electrons. The SMILES string of the molecule is C[C@H](O)CNC(=O)CSCc1cccs1. The number of hydrogen-bond acceptors (Lipinski definition) is 4. The summed E-state index contributed by atoms with van der Waals surface area (Å²) in [5, 5.41) is 13.6. The van der Waals surface area contributed by atoms with E-state index in [9.17, 15) is 4.79 Å². The lowest BCUT2D eigenvalue weighted by Crippen LogP contribution is -2.31. The summed E-state index contributed by atoms with van der Waals surface area (Å²) in [7, 11) is 0. The number of carbonyl (C=O) groups is 1. The van der Waals surface area contributed by atoms with Crippen LogP contribution >= 0.6 is 23.1 Å². The van der Waals surface area contributed by atoms with Crippen LogP contribution in [0.2, 0.25) is 0 Å². The molecule has 84 valence electrons. The molecule has 0 fully saturated rings. The molecule has 0 saturated carbocycles. The summed E-state index contributed by atoms with van der Waals surface area (Å²) in [5.41, 5.74) is 0. The second-order valence-corrected chi connectivity index (χ2v) is 5.24. The fourth-order valence-electron chi connectivity index (χ4n) is 0.952. The van der Waals surface area contributed by atoms with Crippen molar-refractivity contribution < 1.29 is 9.90 Å². The average Bonchev–Trinajstić information content (AvgIpc) is 2.67. The fraction of sp³-hybridized carbons (Fsp3) is 0.500. The zero-order chi connectivity index (χ0) is 11.1. The van der Waals surface area contributed by atoms with E-state index in [2.05, 4.69) is 11.4 Å². The van der Waals surface area contributed by atoms with E-state index in [1.165, 1.54) is 4.88 Å². The van der Waals surface area contributed by atoms with Gasteiger partial charge in [0, 0.05) is 17.2 Å². The van der Waals surface area contributed by atoms with E-state index in [0.29, 0.717) is 12.3 Å². The summed E-state index contributed by atoms with van der Waals surface area (Å²) in [6.45, 7) is 1.98. The highest BCUT2D eigenvalue weighted by Gasteiger charge is 2.03. The number of aliphatic hydroxyl groups excluding tert-OH is 1. The summed E-state index contributed by atoms with van der Waals surface area (Å²) in [5.74, 6) is 1.31. The van der Waals surface area contributed by atoms with E-state index < -0.39 is 6.10 Å². The Morgan fingerprint density at radius 2 is 2.53 bits per heavy atom. The summed E-state index contributed by atoms with van der Waals surface area (Å²) < 4.78 is 0. The zero-order valence-corrected chi connectivity index (χ0v) is 10.2. The van der Waals surface area contributed by atoms with Crippen LogP contribution in [0.5, 0.6) is 0 Å². The Labute approximate surface area is 97.9 Å². The quantitative estimate of drug-likeness (QED) is 0.798. The first kappa shape index (κ1) is 12.5. The molecule has 0 saturated heterocycles. The third-order valence-electron chi connectivity index (χ3n) is 1.65. The van der Waals surface area contributed by atoms with E-state index in [4.69, 9.17) is 5.11 Å². The zero-order valence-electron chi connectivity index (χ0n) is 8.60. The molecular formula is C10H15NO2S2. The summed E-state index contributed by atoms with van der Waals surface area (Å²) in [4.78, 5) is 12.5. The topological polar surface area (TPSA) is 49.3 Å². The van der Waals surface area contributed by atoms with Gasteiger partial charge in [-0.2, -0.15) is 0 Å². The van der Waals surface area contributed by atoms with Crippen LogP contribution in [-0.4, -0.2) is 29.4 Å². The van der Waals surface area contributed by atoms with Crippen molar-refractivity contribution in [1.29, 1.82) is 0 Å². The minimum Gasteiger partial charge on any atom is -0.392 e. The van der Waals surface area contributed by atoms with Gasteiger partial charge in [0.2, 0.25) is 5.91 Å². The lowest BCUT2D eigenvalue weighted by Gasteiger charge is -2.06. The molecule has 0 bridgehead atoms. The number of carbonyl (C=O) groups excluding carboxylic acids is 1. The first-order valence-electron chi connectivity index (χ1n) is 4.73. The van der Waals surface area contributed by atoms with Gasteiger partial charge in [-0.1, -0.05) is 6.07 Å². The summed E-state index contributed by atoms with van der Waals surface area (Å²) in [6, 6.07) is 4.07. The molecule has 1 rings (SSSR count). The molecule has 1 amide bonds. The lowest BCUT2D eigenvalue weighted by molar-refractivity contribution is -0.118. The predicted molar refractivity (Wildman–Crippen MR) is 65.2 cm³/mol. The van der Waals surface area contributed by atoms with Crippen LogP contribution < -0.4 is 5.32 Å². The molecule has 5 heteroatoms. The summed E-state index contributed by atoms with van der Waals surface area (Å²) in [6.07, 6.45) is -0.476. The van der Waals surface area contributed by atoms with Gasteiger partial charge in [0.05, 0.1) is 11.9 Å². The first-order valence-corrected chi connectivity index (χ1v) is 6.77. The minimum absolute atomic E-state index is 0.0162. The van der Waals surface area contributed by atoms with Gasteiger partial charge in [-0.15, -0.1) is 23.1 Å². The number of thioether (sulfide) groups is 1. The number of rotatable bonds is 6. The molecule has 2 N–H and O–H groups in total. The molecule has 0 aromatic carbocycles. The van der Waals surface area contributed by atoms with Crippen molar-refractivity contribution in [3.05, 3.63) is 22.4 Å².